The molecule has 6 nitrogen and oxygen atoms in total. The number of piperazine rings is 1. The number of hydrogen-bond donors (Lipinski definition) is 1. The second-order valence-corrected chi connectivity index (χ2v) is 6.14. The summed E-state index contributed by atoms with van der Waals surface area (Å²) in [6.45, 7) is 6.63. The van der Waals surface area contributed by atoms with Crippen LogP contribution in [0.15, 0.2) is 12.4 Å². The second kappa shape index (κ2) is 7.05. The Labute approximate surface area is 131 Å². The molecule has 2 aliphatic rings. The molecule has 1 aromatic heterocycles. The summed E-state index contributed by atoms with van der Waals surface area (Å²) in [5.74, 6) is 0.773. The molecule has 0 radical (unpaired) electrons. The van der Waals surface area contributed by atoms with Crippen molar-refractivity contribution in [2.24, 2.45) is 0 Å². The zero-order chi connectivity index (χ0) is 15.4. The lowest BCUT2D eigenvalue weighted by Gasteiger charge is -2.33. The quantitative estimate of drug-likeness (QED) is 0.915. The van der Waals surface area contributed by atoms with Crippen molar-refractivity contribution in [2.45, 2.75) is 38.6 Å². The van der Waals surface area contributed by atoms with Gasteiger partial charge < -0.3 is 15.1 Å². The van der Waals surface area contributed by atoms with Crippen LogP contribution >= 0.6 is 0 Å². The highest BCUT2D eigenvalue weighted by atomic mass is 16.2. The molecular formula is C16H25N5O. The van der Waals surface area contributed by atoms with Crippen molar-refractivity contribution in [2.75, 3.05) is 38.0 Å². The number of carbonyl (C=O) groups excluding carboxylic acids is 1. The first-order valence-electron chi connectivity index (χ1n) is 8.36. The molecule has 2 heterocycles. The number of aromatic nitrogens is 2. The van der Waals surface area contributed by atoms with Crippen LogP contribution in [0.3, 0.4) is 0 Å². The van der Waals surface area contributed by atoms with Crippen molar-refractivity contribution in [3.8, 4) is 0 Å². The minimum Gasteiger partial charge on any atom is -0.366 e. The average Bonchev–Trinajstić information content (AvgIpc) is 3.08. The summed E-state index contributed by atoms with van der Waals surface area (Å²) in [6, 6.07) is 0.512. The van der Waals surface area contributed by atoms with Crippen molar-refractivity contribution < 1.29 is 4.79 Å². The first-order valence-corrected chi connectivity index (χ1v) is 8.36. The summed E-state index contributed by atoms with van der Waals surface area (Å²) in [4.78, 5) is 25.3. The van der Waals surface area contributed by atoms with Crippen molar-refractivity contribution in [3.05, 3.63) is 18.1 Å². The van der Waals surface area contributed by atoms with Crippen LogP contribution in [0.2, 0.25) is 0 Å². The number of nitrogens with zero attached hydrogens (tertiary/aromatic N) is 4. The Kier molecular flexibility index (Phi) is 4.87. The van der Waals surface area contributed by atoms with Gasteiger partial charge in [0.1, 0.15) is 11.5 Å². The maximum absolute atomic E-state index is 12.4. The van der Waals surface area contributed by atoms with Gasteiger partial charge in [0, 0.05) is 32.2 Å². The third-order valence-corrected chi connectivity index (χ3v) is 4.68. The number of likely N-dealkylation sites (N-methyl/N-ethyl adjacent to an activating group) is 1. The SMILES string of the molecule is CCN1CCN(C(=O)c2cnc(NC3CCCC3)cn2)CC1. The molecule has 120 valence electrons. The van der Waals surface area contributed by atoms with Crippen LogP contribution in [0.1, 0.15) is 43.1 Å². The zero-order valence-corrected chi connectivity index (χ0v) is 13.3. The van der Waals surface area contributed by atoms with E-state index >= 15 is 0 Å². The van der Waals surface area contributed by atoms with Crippen LogP contribution in [-0.2, 0) is 0 Å². The van der Waals surface area contributed by atoms with E-state index in [1.807, 2.05) is 4.90 Å². The maximum atomic E-state index is 12.4. The van der Waals surface area contributed by atoms with Gasteiger partial charge in [-0.05, 0) is 19.4 Å². The molecule has 1 aromatic rings. The Morgan fingerprint density at radius 2 is 1.91 bits per heavy atom. The van der Waals surface area contributed by atoms with Crippen LogP contribution in [0.4, 0.5) is 5.82 Å². The van der Waals surface area contributed by atoms with Crippen molar-refractivity contribution in [1.29, 1.82) is 0 Å². The molecule has 2 fully saturated rings. The van der Waals surface area contributed by atoms with Gasteiger partial charge in [-0.15, -0.1) is 0 Å². The van der Waals surface area contributed by atoms with Crippen molar-refractivity contribution in [1.82, 2.24) is 19.8 Å². The summed E-state index contributed by atoms with van der Waals surface area (Å²) in [6.07, 6.45) is 8.25. The molecule has 22 heavy (non-hydrogen) atoms. The van der Waals surface area contributed by atoms with Gasteiger partial charge >= 0.3 is 0 Å². The van der Waals surface area contributed by atoms with Gasteiger partial charge in [0.15, 0.2) is 0 Å². The zero-order valence-electron chi connectivity index (χ0n) is 13.3. The van der Waals surface area contributed by atoms with Gasteiger partial charge in [-0.2, -0.15) is 0 Å². The fourth-order valence-electron chi connectivity index (χ4n) is 3.22. The summed E-state index contributed by atoms with van der Waals surface area (Å²) in [5, 5.41) is 3.39. The number of carbonyl (C=O) groups is 1. The molecule has 1 amide bonds. The number of nitrogens with one attached hydrogen (secondary N) is 1. The summed E-state index contributed by atoms with van der Waals surface area (Å²) in [5.41, 5.74) is 0.446. The molecule has 0 aromatic carbocycles. The molecular weight excluding hydrogens is 278 g/mol. The number of rotatable bonds is 4. The molecule has 1 aliphatic heterocycles. The highest BCUT2D eigenvalue weighted by Gasteiger charge is 2.22. The van der Waals surface area contributed by atoms with Crippen LogP contribution in [0.5, 0.6) is 0 Å². The number of hydrogen-bond acceptors (Lipinski definition) is 5. The molecule has 0 atom stereocenters. The lowest BCUT2D eigenvalue weighted by Crippen LogP contribution is -2.48. The van der Waals surface area contributed by atoms with Crippen LogP contribution in [0.25, 0.3) is 0 Å². The van der Waals surface area contributed by atoms with E-state index in [1.54, 1.807) is 12.4 Å². The first-order chi connectivity index (χ1) is 10.8. The molecule has 1 saturated heterocycles. The maximum Gasteiger partial charge on any atom is 0.274 e. The van der Waals surface area contributed by atoms with E-state index in [2.05, 4.69) is 27.1 Å². The predicted molar refractivity (Wildman–Crippen MR) is 85.9 cm³/mol. The summed E-state index contributed by atoms with van der Waals surface area (Å²) >= 11 is 0. The van der Waals surface area contributed by atoms with Crippen molar-refractivity contribution in [3.63, 3.8) is 0 Å². The van der Waals surface area contributed by atoms with Gasteiger partial charge in [0.2, 0.25) is 0 Å². The number of anilines is 1. The Bertz CT molecular complexity index is 490. The Morgan fingerprint density at radius 1 is 1.18 bits per heavy atom. The Morgan fingerprint density at radius 3 is 2.50 bits per heavy atom. The van der Waals surface area contributed by atoms with Gasteiger partial charge in [0.05, 0.1) is 12.4 Å². The minimum absolute atomic E-state index is 0.00401. The van der Waals surface area contributed by atoms with E-state index in [9.17, 15) is 4.79 Å². The predicted octanol–water partition coefficient (Wildman–Crippen LogP) is 1.61. The second-order valence-electron chi connectivity index (χ2n) is 6.14. The first kappa shape index (κ1) is 15.2. The molecule has 0 unspecified atom stereocenters. The monoisotopic (exact) mass is 303 g/mol. The van der Waals surface area contributed by atoms with E-state index in [0.29, 0.717) is 11.7 Å². The lowest BCUT2D eigenvalue weighted by molar-refractivity contribution is 0.0637. The van der Waals surface area contributed by atoms with E-state index in [4.69, 9.17) is 0 Å². The van der Waals surface area contributed by atoms with Gasteiger partial charge in [-0.1, -0.05) is 19.8 Å². The molecule has 0 spiro atoms. The minimum atomic E-state index is -0.00401. The van der Waals surface area contributed by atoms with Crippen LogP contribution in [0, 0.1) is 0 Å². The summed E-state index contributed by atoms with van der Waals surface area (Å²) < 4.78 is 0. The third-order valence-electron chi connectivity index (χ3n) is 4.68. The molecule has 6 heteroatoms. The molecule has 1 aliphatic carbocycles. The highest BCUT2D eigenvalue weighted by molar-refractivity contribution is 5.92. The molecule has 0 bridgehead atoms. The third kappa shape index (κ3) is 3.55. The molecule has 1 N–H and O–H groups in total. The van der Waals surface area contributed by atoms with E-state index in [1.165, 1.54) is 25.7 Å². The van der Waals surface area contributed by atoms with Gasteiger partial charge in [-0.25, -0.2) is 9.97 Å². The fraction of sp³-hybridized carbons (Fsp3) is 0.688. The lowest BCUT2D eigenvalue weighted by atomic mass is 10.2. The van der Waals surface area contributed by atoms with E-state index in [0.717, 1.165) is 38.5 Å². The molecule has 1 saturated carbocycles. The highest BCUT2D eigenvalue weighted by Crippen LogP contribution is 2.21. The largest absolute Gasteiger partial charge is 0.366 e. The fourth-order valence-corrected chi connectivity index (χ4v) is 3.22. The smallest absolute Gasteiger partial charge is 0.274 e. The van der Waals surface area contributed by atoms with Crippen LogP contribution < -0.4 is 5.32 Å². The summed E-state index contributed by atoms with van der Waals surface area (Å²) in [7, 11) is 0. The Balaban J connectivity index is 1.56. The Hall–Kier alpha value is -1.69. The van der Waals surface area contributed by atoms with E-state index < -0.39 is 0 Å². The molecule has 3 rings (SSSR count). The van der Waals surface area contributed by atoms with Crippen molar-refractivity contribution >= 4 is 11.7 Å². The van der Waals surface area contributed by atoms with E-state index in [-0.39, 0.29) is 5.91 Å². The van der Waals surface area contributed by atoms with Gasteiger partial charge in [0.25, 0.3) is 5.91 Å². The normalized spacial score (nSPS) is 20.3. The number of amides is 1. The van der Waals surface area contributed by atoms with Gasteiger partial charge in [-0.3, -0.25) is 4.79 Å². The van der Waals surface area contributed by atoms with Crippen LogP contribution in [-0.4, -0.2) is 64.4 Å². The topological polar surface area (TPSA) is 61.4 Å². The average molecular weight is 303 g/mol. The standard InChI is InChI=1S/C16H25N5O/c1-2-20-7-9-21(10-8-20)16(22)14-11-18-15(12-17-14)19-13-5-3-4-6-13/h11-13H,2-10H2,1H3,(H,18,19).